The lowest BCUT2D eigenvalue weighted by molar-refractivity contribution is 1.11. The number of hydrogen-bond donors (Lipinski definition) is 1. The number of allylic oxidation sites excluding steroid dienone is 4. The summed E-state index contributed by atoms with van der Waals surface area (Å²) in [6.07, 6.45) is 7.19. The highest BCUT2D eigenvalue weighted by atomic mass is 14.9. The number of nitrogen functional groups attached to an aromatic ring is 1. The maximum Gasteiger partial charge on any atom is 0.128 e. The summed E-state index contributed by atoms with van der Waals surface area (Å²) in [6, 6.07) is 0. The molecule has 0 saturated heterocycles. The van der Waals surface area contributed by atoms with Crippen LogP contribution in [0.5, 0.6) is 0 Å². The smallest absolute Gasteiger partial charge is 0.128 e. The topological polar surface area (TPSA) is 51.3 Å². The van der Waals surface area contributed by atoms with Gasteiger partial charge in [0, 0.05) is 16.5 Å². The molecule has 1 aliphatic carbocycles. The second kappa shape index (κ2) is 3.04. The Morgan fingerprint density at radius 2 is 2.12 bits per heavy atom. The van der Waals surface area contributed by atoms with Gasteiger partial charge in [-0.05, 0) is 31.9 Å². The molecule has 0 spiro atoms. The molecule has 0 amide bonds. The Bertz CT molecular complexity index is 663. The minimum atomic E-state index is 0.591. The van der Waals surface area contributed by atoms with Crippen LogP contribution in [-0.4, -0.2) is 4.98 Å². The van der Waals surface area contributed by atoms with Gasteiger partial charge < -0.3 is 5.73 Å². The van der Waals surface area contributed by atoms with Crippen LogP contribution in [0.25, 0.3) is 5.57 Å². The summed E-state index contributed by atoms with van der Waals surface area (Å²) < 4.78 is 0. The fourth-order valence-corrected chi connectivity index (χ4v) is 2.31. The second-order valence-corrected chi connectivity index (χ2v) is 4.21. The second-order valence-electron chi connectivity index (χ2n) is 4.21. The molecule has 0 aromatic carbocycles. The summed E-state index contributed by atoms with van der Waals surface area (Å²) in [5.41, 5.74) is 10.2. The lowest BCUT2D eigenvalue weighted by Gasteiger charge is -2.05. The number of fused-ring (bicyclic) bond motifs is 2. The molecule has 2 aliphatic rings. The lowest BCUT2D eigenvalue weighted by Crippen LogP contribution is -2.31. The number of anilines is 1. The van der Waals surface area contributed by atoms with Crippen molar-refractivity contribution in [3.05, 3.63) is 45.8 Å². The fraction of sp³-hybridized carbons (Fsp3) is 0.231. The molecule has 3 rings (SSSR count). The van der Waals surface area contributed by atoms with E-state index in [2.05, 4.69) is 22.1 Å². The van der Waals surface area contributed by atoms with E-state index in [-0.39, 0.29) is 0 Å². The van der Waals surface area contributed by atoms with Crippen molar-refractivity contribution < 1.29 is 0 Å². The predicted molar refractivity (Wildman–Crippen MR) is 64.2 cm³/mol. The van der Waals surface area contributed by atoms with Crippen molar-refractivity contribution in [1.29, 1.82) is 0 Å². The molecule has 16 heavy (non-hydrogen) atoms. The molecule has 0 saturated carbocycles. The Morgan fingerprint density at radius 1 is 1.31 bits per heavy atom. The molecule has 0 fully saturated rings. The molecule has 1 aromatic rings. The van der Waals surface area contributed by atoms with E-state index >= 15 is 0 Å². The molecular formula is C13H13N3. The number of aromatic nitrogens is 1. The molecule has 0 unspecified atom stereocenters. The third-order valence-electron chi connectivity index (χ3n) is 3.18. The van der Waals surface area contributed by atoms with Crippen molar-refractivity contribution in [2.75, 3.05) is 5.73 Å². The molecule has 2 N–H and O–H groups in total. The van der Waals surface area contributed by atoms with Gasteiger partial charge >= 0.3 is 0 Å². The average Bonchev–Trinajstić information content (AvgIpc) is 2.65. The Labute approximate surface area is 93.7 Å². The molecule has 1 aliphatic heterocycles. The Balaban J connectivity index is 2.52. The third-order valence-corrected chi connectivity index (χ3v) is 3.18. The number of nitrogens with two attached hydrogens (primary N) is 1. The van der Waals surface area contributed by atoms with Crippen LogP contribution in [0.15, 0.2) is 28.9 Å². The van der Waals surface area contributed by atoms with Crippen LogP contribution >= 0.6 is 0 Å². The van der Waals surface area contributed by atoms with Gasteiger partial charge in [-0.25, -0.2) is 9.98 Å². The summed E-state index contributed by atoms with van der Waals surface area (Å²) in [5, 5.41) is 2.19. The van der Waals surface area contributed by atoms with E-state index in [1.165, 1.54) is 10.8 Å². The van der Waals surface area contributed by atoms with Crippen molar-refractivity contribution in [2.24, 2.45) is 4.99 Å². The first-order valence-corrected chi connectivity index (χ1v) is 5.40. The number of aryl methyl sites for hydroxylation is 1. The van der Waals surface area contributed by atoms with E-state index in [4.69, 9.17) is 5.73 Å². The molecule has 1 aromatic heterocycles. The van der Waals surface area contributed by atoms with Crippen LogP contribution in [0.3, 0.4) is 0 Å². The molecule has 2 heterocycles. The Kier molecular flexibility index (Phi) is 1.78. The SMILES string of the molecule is Cc1c(N)nc(C)c2c1=NC1=CC=CCC=21. The van der Waals surface area contributed by atoms with E-state index in [0.29, 0.717) is 5.82 Å². The normalized spacial score (nSPS) is 16.6. The van der Waals surface area contributed by atoms with E-state index in [0.717, 1.165) is 28.7 Å². The van der Waals surface area contributed by atoms with Crippen molar-refractivity contribution in [1.82, 2.24) is 4.98 Å². The zero-order chi connectivity index (χ0) is 11.3. The predicted octanol–water partition coefficient (Wildman–Crippen LogP) is 0.908. The van der Waals surface area contributed by atoms with E-state index in [1.54, 1.807) is 0 Å². The maximum absolute atomic E-state index is 5.87. The van der Waals surface area contributed by atoms with Gasteiger partial charge in [0.15, 0.2) is 0 Å². The molecule has 0 radical (unpaired) electrons. The molecule has 80 valence electrons. The largest absolute Gasteiger partial charge is 0.383 e. The first kappa shape index (κ1) is 9.33. The molecule has 0 bridgehead atoms. The maximum atomic E-state index is 5.87. The van der Waals surface area contributed by atoms with E-state index in [1.807, 2.05) is 19.9 Å². The summed E-state index contributed by atoms with van der Waals surface area (Å²) in [6.45, 7) is 3.98. The Hall–Kier alpha value is -1.90. The molecule has 3 heteroatoms. The number of pyridine rings is 1. The van der Waals surface area contributed by atoms with Crippen LogP contribution in [-0.2, 0) is 0 Å². The van der Waals surface area contributed by atoms with Gasteiger partial charge in [0.1, 0.15) is 5.82 Å². The first-order chi connectivity index (χ1) is 7.68. The van der Waals surface area contributed by atoms with Crippen molar-refractivity contribution in [2.45, 2.75) is 20.3 Å². The molecular weight excluding hydrogens is 198 g/mol. The van der Waals surface area contributed by atoms with Gasteiger partial charge in [-0.15, -0.1) is 0 Å². The van der Waals surface area contributed by atoms with Gasteiger partial charge in [0.05, 0.1) is 11.1 Å². The minimum absolute atomic E-state index is 0.591. The molecule has 0 atom stereocenters. The zero-order valence-electron chi connectivity index (χ0n) is 9.41. The third kappa shape index (κ3) is 1.08. The van der Waals surface area contributed by atoms with Gasteiger partial charge in [0.25, 0.3) is 0 Å². The van der Waals surface area contributed by atoms with Gasteiger partial charge in [0.2, 0.25) is 0 Å². The minimum Gasteiger partial charge on any atom is -0.383 e. The quantitative estimate of drug-likeness (QED) is 0.693. The van der Waals surface area contributed by atoms with Crippen LogP contribution in [0.4, 0.5) is 5.82 Å². The monoisotopic (exact) mass is 211 g/mol. The highest BCUT2D eigenvalue weighted by molar-refractivity contribution is 5.70. The lowest BCUT2D eigenvalue weighted by atomic mass is 10.0. The summed E-state index contributed by atoms with van der Waals surface area (Å²) >= 11 is 0. The van der Waals surface area contributed by atoms with Crippen molar-refractivity contribution >= 4 is 11.4 Å². The van der Waals surface area contributed by atoms with Crippen LogP contribution < -0.4 is 16.3 Å². The van der Waals surface area contributed by atoms with Crippen molar-refractivity contribution in [3.8, 4) is 0 Å². The standard InChI is InChI=1S/C13H13N3/c1-7-12-11(8(2)15-13(7)14)9-5-3-4-6-10(9)16-12/h3-4,6H,5,14H2,1-2H3. The summed E-state index contributed by atoms with van der Waals surface area (Å²) in [7, 11) is 0. The van der Waals surface area contributed by atoms with Gasteiger partial charge in [-0.3, -0.25) is 0 Å². The summed E-state index contributed by atoms with van der Waals surface area (Å²) in [4.78, 5) is 9.03. The highest BCUT2D eigenvalue weighted by Crippen LogP contribution is 2.23. The number of nitrogens with zero attached hydrogens (tertiary/aromatic N) is 2. The average molecular weight is 211 g/mol. The first-order valence-electron chi connectivity index (χ1n) is 5.40. The number of rotatable bonds is 0. The zero-order valence-corrected chi connectivity index (χ0v) is 9.41. The van der Waals surface area contributed by atoms with Crippen molar-refractivity contribution in [3.63, 3.8) is 0 Å². The summed E-state index contributed by atoms with van der Waals surface area (Å²) in [5.74, 6) is 0.591. The van der Waals surface area contributed by atoms with Gasteiger partial charge in [-0.2, -0.15) is 0 Å². The fourth-order valence-electron chi connectivity index (χ4n) is 2.31. The Morgan fingerprint density at radius 3 is 2.94 bits per heavy atom. The van der Waals surface area contributed by atoms with Crippen LogP contribution in [0, 0.1) is 13.8 Å². The van der Waals surface area contributed by atoms with E-state index < -0.39 is 0 Å². The molecule has 3 nitrogen and oxygen atoms in total. The number of hydrogen-bond acceptors (Lipinski definition) is 3. The van der Waals surface area contributed by atoms with Crippen LogP contribution in [0.2, 0.25) is 0 Å². The highest BCUT2D eigenvalue weighted by Gasteiger charge is 2.17. The van der Waals surface area contributed by atoms with E-state index in [9.17, 15) is 0 Å². The van der Waals surface area contributed by atoms with Gasteiger partial charge in [-0.1, -0.05) is 12.2 Å². The van der Waals surface area contributed by atoms with Crippen LogP contribution in [0.1, 0.15) is 17.7 Å².